The molecule has 32 heavy (non-hydrogen) atoms. The maximum Gasteiger partial charge on any atom is 0.295 e. The number of likely N-dealkylation sites (tertiary alicyclic amines) is 1. The summed E-state index contributed by atoms with van der Waals surface area (Å²) < 4.78 is 5.41. The fourth-order valence-corrected chi connectivity index (χ4v) is 4.42. The lowest BCUT2D eigenvalue weighted by Gasteiger charge is -2.31. The number of Topliss-reactive ketones (excluding diaryl/α,β-unsaturated/α-hetero) is 1. The van der Waals surface area contributed by atoms with Crippen LogP contribution in [0.2, 0.25) is 0 Å². The average Bonchev–Trinajstić information content (AvgIpc) is 3.05. The van der Waals surface area contributed by atoms with Crippen LogP contribution in [0.3, 0.4) is 0 Å². The summed E-state index contributed by atoms with van der Waals surface area (Å²) in [5, 5.41) is 11.3. The van der Waals surface area contributed by atoms with Gasteiger partial charge in [-0.1, -0.05) is 47.5 Å². The number of ketones is 1. The van der Waals surface area contributed by atoms with Crippen LogP contribution in [0, 0.1) is 20.8 Å². The summed E-state index contributed by atoms with van der Waals surface area (Å²) in [6, 6.07) is 12.9. The molecule has 4 rings (SSSR count). The Kier molecular flexibility index (Phi) is 6.44. The van der Waals surface area contributed by atoms with E-state index in [4.69, 9.17) is 4.74 Å². The van der Waals surface area contributed by atoms with E-state index in [1.165, 1.54) is 0 Å². The van der Waals surface area contributed by atoms with Crippen molar-refractivity contribution in [2.24, 2.45) is 0 Å². The Labute approximate surface area is 189 Å². The molecule has 168 valence electrons. The van der Waals surface area contributed by atoms with Gasteiger partial charge in [-0.3, -0.25) is 14.5 Å². The van der Waals surface area contributed by atoms with Gasteiger partial charge in [-0.15, -0.1) is 0 Å². The van der Waals surface area contributed by atoms with Gasteiger partial charge in [-0.25, -0.2) is 0 Å². The Morgan fingerprint density at radius 2 is 1.62 bits per heavy atom. The molecule has 2 aliphatic heterocycles. The minimum Gasteiger partial charge on any atom is -0.507 e. The number of rotatable bonds is 5. The van der Waals surface area contributed by atoms with Crippen molar-refractivity contribution in [2.75, 3.05) is 39.4 Å². The summed E-state index contributed by atoms with van der Waals surface area (Å²) >= 11 is 0. The van der Waals surface area contributed by atoms with Gasteiger partial charge in [0.1, 0.15) is 5.76 Å². The van der Waals surface area contributed by atoms with Gasteiger partial charge in [-0.2, -0.15) is 0 Å². The summed E-state index contributed by atoms with van der Waals surface area (Å²) in [5.41, 5.74) is 4.50. The largest absolute Gasteiger partial charge is 0.507 e. The van der Waals surface area contributed by atoms with Crippen LogP contribution < -0.4 is 0 Å². The van der Waals surface area contributed by atoms with Crippen LogP contribution >= 0.6 is 0 Å². The fourth-order valence-electron chi connectivity index (χ4n) is 4.42. The molecular weight excluding hydrogens is 404 g/mol. The molecule has 1 amide bonds. The van der Waals surface area contributed by atoms with Gasteiger partial charge < -0.3 is 14.7 Å². The number of carbonyl (C=O) groups excluding carboxylic acids is 2. The van der Waals surface area contributed by atoms with Gasteiger partial charge in [0.05, 0.1) is 24.8 Å². The smallest absolute Gasteiger partial charge is 0.295 e. The fraction of sp³-hybridized carbons (Fsp3) is 0.385. The minimum atomic E-state index is -0.629. The van der Waals surface area contributed by atoms with Crippen molar-refractivity contribution in [3.63, 3.8) is 0 Å². The van der Waals surface area contributed by atoms with Gasteiger partial charge in [0, 0.05) is 31.7 Å². The minimum absolute atomic E-state index is 0.107. The molecule has 1 atom stereocenters. The molecule has 0 radical (unpaired) electrons. The lowest BCUT2D eigenvalue weighted by Crippen LogP contribution is -2.42. The van der Waals surface area contributed by atoms with Crippen molar-refractivity contribution < 1.29 is 19.4 Å². The summed E-state index contributed by atoms with van der Waals surface area (Å²) in [6.45, 7) is 9.85. The van der Waals surface area contributed by atoms with E-state index in [1.54, 1.807) is 4.90 Å². The first kappa shape index (κ1) is 22.2. The maximum absolute atomic E-state index is 13.2. The van der Waals surface area contributed by atoms with Crippen molar-refractivity contribution in [2.45, 2.75) is 26.8 Å². The lowest BCUT2D eigenvalue weighted by molar-refractivity contribution is -0.140. The molecule has 0 spiro atoms. The number of nitrogens with zero attached hydrogens (tertiary/aromatic N) is 2. The van der Waals surface area contributed by atoms with Gasteiger partial charge in [0.2, 0.25) is 0 Å². The van der Waals surface area contributed by atoms with Crippen LogP contribution in [0.4, 0.5) is 0 Å². The molecule has 6 heteroatoms. The maximum atomic E-state index is 13.2. The summed E-state index contributed by atoms with van der Waals surface area (Å²) in [6.07, 6.45) is 0. The summed E-state index contributed by atoms with van der Waals surface area (Å²) in [4.78, 5) is 30.1. The lowest BCUT2D eigenvalue weighted by atomic mass is 9.93. The first-order chi connectivity index (χ1) is 15.4. The quantitative estimate of drug-likeness (QED) is 0.444. The van der Waals surface area contributed by atoms with Crippen LogP contribution in [0.5, 0.6) is 0 Å². The first-order valence-corrected chi connectivity index (χ1v) is 11.1. The first-order valence-electron chi connectivity index (χ1n) is 11.1. The number of benzene rings is 2. The van der Waals surface area contributed by atoms with Gasteiger partial charge in [0.25, 0.3) is 11.7 Å². The van der Waals surface area contributed by atoms with Crippen LogP contribution in [0.25, 0.3) is 5.76 Å². The van der Waals surface area contributed by atoms with Gasteiger partial charge >= 0.3 is 0 Å². The molecular formula is C26H30N2O4. The SMILES string of the molecule is Cc1ccc(C2C(=C(O)c3cc(C)ccc3C)C(=O)C(=O)N2CCN2CCOCC2)cc1. The number of hydrogen-bond acceptors (Lipinski definition) is 5. The molecule has 2 fully saturated rings. The highest BCUT2D eigenvalue weighted by atomic mass is 16.5. The number of ether oxygens (including phenoxy) is 1. The number of amides is 1. The zero-order valence-electron chi connectivity index (χ0n) is 18.9. The van der Waals surface area contributed by atoms with Crippen molar-refractivity contribution in [3.05, 3.63) is 75.9 Å². The van der Waals surface area contributed by atoms with E-state index in [9.17, 15) is 14.7 Å². The predicted molar refractivity (Wildman–Crippen MR) is 123 cm³/mol. The number of aliphatic hydroxyl groups is 1. The van der Waals surface area contributed by atoms with E-state index in [2.05, 4.69) is 4.90 Å². The van der Waals surface area contributed by atoms with E-state index in [0.29, 0.717) is 31.9 Å². The zero-order chi connectivity index (χ0) is 22.8. The Bertz CT molecular complexity index is 1050. The van der Waals surface area contributed by atoms with E-state index in [-0.39, 0.29) is 11.3 Å². The molecule has 1 unspecified atom stereocenters. The molecule has 0 saturated carbocycles. The van der Waals surface area contributed by atoms with Crippen molar-refractivity contribution in [3.8, 4) is 0 Å². The molecule has 2 aliphatic rings. The predicted octanol–water partition coefficient (Wildman–Crippen LogP) is 3.37. The van der Waals surface area contributed by atoms with Crippen molar-refractivity contribution >= 4 is 17.4 Å². The Morgan fingerprint density at radius 1 is 0.969 bits per heavy atom. The zero-order valence-corrected chi connectivity index (χ0v) is 18.9. The molecule has 2 heterocycles. The van der Waals surface area contributed by atoms with Crippen molar-refractivity contribution in [1.82, 2.24) is 9.80 Å². The average molecular weight is 435 g/mol. The third-order valence-corrected chi connectivity index (χ3v) is 6.34. The second kappa shape index (κ2) is 9.27. The Hall–Kier alpha value is -2.96. The molecule has 2 saturated heterocycles. The van der Waals surface area contributed by atoms with E-state index < -0.39 is 17.7 Å². The third-order valence-electron chi connectivity index (χ3n) is 6.34. The summed E-state index contributed by atoms with van der Waals surface area (Å²) in [5.74, 6) is -1.30. The molecule has 2 aromatic rings. The third kappa shape index (κ3) is 4.33. The number of carbonyl (C=O) groups is 2. The van der Waals surface area contributed by atoms with Crippen molar-refractivity contribution in [1.29, 1.82) is 0 Å². The number of hydrogen-bond donors (Lipinski definition) is 1. The monoisotopic (exact) mass is 434 g/mol. The highest BCUT2D eigenvalue weighted by Gasteiger charge is 2.46. The van der Waals surface area contributed by atoms with Crippen LogP contribution in [0.15, 0.2) is 48.0 Å². The van der Waals surface area contributed by atoms with E-state index >= 15 is 0 Å². The van der Waals surface area contributed by atoms with Crippen LogP contribution in [-0.2, 0) is 14.3 Å². The molecule has 6 nitrogen and oxygen atoms in total. The van der Waals surface area contributed by atoms with Crippen LogP contribution in [0.1, 0.15) is 33.9 Å². The molecule has 0 aliphatic carbocycles. The molecule has 2 aromatic carbocycles. The number of morpholine rings is 1. The molecule has 0 bridgehead atoms. The second-order valence-corrected chi connectivity index (χ2v) is 8.68. The van der Waals surface area contributed by atoms with E-state index in [0.717, 1.165) is 35.3 Å². The molecule has 0 aromatic heterocycles. The standard InChI is InChI=1S/C26H30N2O4/c1-17-5-8-20(9-6-17)23-22(24(29)21-16-18(2)4-7-19(21)3)25(30)26(31)28(23)11-10-27-12-14-32-15-13-27/h4-9,16,23,29H,10-15H2,1-3H3. The number of aryl methyl sites for hydroxylation is 3. The second-order valence-electron chi connectivity index (χ2n) is 8.68. The Balaban J connectivity index is 1.76. The summed E-state index contributed by atoms with van der Waals surface area (Å²) in [7, 11) is 0. The highest BCUT2D eigenvalue weighted by molar-refractivity contribution is 6.46. The highest BCUT2D eigenvalue weighted by Crippen LogP contribution is 2.40. The topological polar surface area (TPSA) is 70.1 Å². The van der Waals surface area contributed by atoms with Gasteiger partial charge in [-0.05, 0) is 38.0 Å². The molecule has 1 N–H and O–H groups in total. The number of aliphatic hydroxyl groups excluding tert-OH is 1. The van der Waals surface area contributed by atoms with E-state index in [1.807, 2.05) is 63.2 Å². The normalized spacial score (nSPS) is 21.3. The Morgan fingerprint density at radius 3 is 2.31 bits per heavy atom. The van der Waals surface area contributed by atoms with Crippen LogP contribution in [-0.4, -0.2) is 66.0 Å². The van der Waals surface area contributed by atoms with Gasteiger partial charge in [0.15, 0.2) is 0 Å².